The molecule has 3 heteroatoms. The van der Waals surface area contributed by atoms with Crippen LogP contribution >= 0.6 is 0 Å². The summed E-state index contributed by atoms with van der Waals surface area (Å²) in [5, 5.41) is 0. The molecule has 0 saturated heterocycles. The molecule has 0 radical (unpaired) electrons. The fourth-order valence-corrected chi connectivity index (χ4v) is 3.30. The standard InChI is InChI=1S/C20H21N3/c1-20(2,3)18-13-21-19-15-9-10-16(14-7-5-4-6-8-14)22-17(15)11-12-23(18)19/h4-10,13H,11-12H2,1-3H3. The van der Waals surface area contributed by atoms with Crippen molar-refractivity contribution in [2.45, 2.75) is 39.2 Å². The SMILES string of the molecule is CC(C)(C)c1cnc2n1CCc1nc(-c3ccccc3)ccc1-2. The predicted octanol–water partition coefficient (Wildman–Crippen LogP) is 4.47. The molecule has 116 valence electrons. The Balaban J connectivity index is 1.80. The topological polar surface area (TPSA) is 30.7 Å². The summed E-state index contributed by atoms with van der Waals surface area (Å²) >= 11 is 0. The van der Waals surface area contributed by atoms with Crippen LogP contribution in [-0.2, 0) is 18.4 Å². The molecule has 4 rings (SSSR count). The Kier molecular flexibility index (Phi) is 3.12. The van der Waals surface area contributed by atoms with Crippen LogP contribution in [0.4, 0.5) is 0 Å². The Morgan fingerprint density at radius 2 is 1.78 bits per heavy atom. The van der Waals surface area contributed by atoms with E-state index >= 15 is 0 Å². The molecule has 0 atom stereocenters. The number of pyridine rings is 1. The van der Waals surface area contributed by atoms with E-state index in [4.69, 9.17) is 4.98 Å². The monoisotopic (exact) mass is 303 g/mol. The van der Waals surface area contributed by atoms with Gasteiger partial charge in [-0.05, 0) is 12.1 Å². The molecule has 0 bridgehead atoms. The van der Waals surface area contributed by atoms with E-state index in [9.17, 15) is 0 Å². The molecule has 0 amide bonds. The van der Waals surface area contributed by atoms with E-state index in [0.29, 0.717) is 0 Å². The largest absolute Gasteiger partial charge is 0.327 e. The van der Waals surface area contributed by atoms with Crippen LogP contribution in [0, 0.1) is 0 Å². The summed E-state index contributed by atoms with van der Waals surface area (Å²) in [4.78, 5) is 9.59. The van der Waals surface area contributed by atoms with Gasteiger partial charge >= 0.3 is 0 Å². The van der Waals surface area contributed by atoms with Crippen molar-refractivity contribution in [3.8, 4) is 22.6 Å². The van der Waals surface area contributed by atoms with Gasteiger partial charge in [-0.3, -0.25) is 4.98 Å². The lowest BCUT2D eigenvalue weighted by atomic mass is 9.92. The molecule has 3 heterocycles. The van der Waals surface area contributed by atoms with Gasteiger partial charge in [0.2, 0.25) is 0 Å². The van der Waals surface area contributed by atoms with Gasteiger partial charge in [-0.25, -0.2) is 4.98 Å². The van der Waals surface area contributed by atoms with Gasteiger partial charge in [0.25, 0.3) is 0 Å². The fourth-order valence-electron chi connectivity index (χ4n) is 3.30. The molecule has 23 heavy (non-hydrogen) atoms. The second kappa shape index (κ2) is 5.05. The van der Waals surface area contributed by atoms with Gasteiger partial charge in [-0.2, -0.15) is 0 Å². The van der Waals surface area contributed by atoms with Gasteiger partial charge in [0, 0.05) is 41.4 Å². The van der Waals surface area contributed by atoms with Crippen molar-refractivity contribution in [3.05, 3.63) is 60.0 Å². The molecule has 3 aromatic rings. The first-order valence-electron chi connectivity index (χ1n) is 8.16. The quantitative estimate of drug-likeness (QED) is 0.664. The number of hydrogen-bond acceptors (Lipinski definition) is 2. The summed E-state index contributed by atoms with van der Waals surface area (Å²) < 4.78 is 2.35. The molecule has 2 aromatic heterocycles. The zero-order valence-corrected chi connectivity index (χ0v) is 13.9. The number of rotatable bonds is 1. The molecule has 3 nitrogen and oxygen atoms in total. The van der Waals surface area contributed by atoms with Gasteiger partial charge in [-0.1, -0.05) is 51.1 Å². The molecule has 0 unspecified atom stereocenters. The Bertz CT molecular complexity index is 854. The lowest BCUT2D eigenvalue weighted by Gasteiger charge is -2.25. The molecule has 0 fully saturated rings. The summed E-state index contributed by atoms with van der Waals surface area (Å²) in [5.41, 5.74) is 5.95. The molecule has 0 N–H and O–H groups in total. The maximum absolute atomic E-state index is 4.90. The molecule has 0 saturated carbocycles. The van der Waals surface area contributed by atoms with Crippen LogP contribution in [0.5, 0.6) is 0 Å². The molecule has 0 spiro atoms. The minimum Gasteiger partial charge on any atom is -0.327 e. The zero-order valence-electron chi connectivity index (χ0n) is 13.9. The third kappa shape index (κ3) is 2.37. The summed E-state index contributed by atoms with van der Waals surface area (Å²) in [6, 6.07) is 14.6. The highest BCUT2D eigenvalue weighted by atomic mass is 15.1. The number of hydrogen-bond donors (Lipinski definition) is 0. The van der Waals surface area contributed by atoms with Crippen LogP contribution in [-0.4, -0.2) is 14.5 Å². The van der Waals surface area contributed by atoms with E-state index in [0.717, 1.165) is 30.2 Å². The number of imidazole rings is 1. The predicted molar refractivity (Wildman–Crippen MR) is 93.3 cm³/mol. The van der Waals surface area contributed by atoms with Gasteiger partial charge in [-0.15, -0.1) is 0 Å². The first kappa shape index (κ1) is 14.2. The van der Waals surface area contributed by atoms with Crippen LogP contribution in [0.15, 0.2) is 48.7 Å². The number of benzene rings is 1. The first-order chi connectivity index (χ1) is 11.0. The minimum absolute atomic E-state index is 0.111. The van der Waals surface area contributed by atoms with Gasteiger partial charge < -0.3 is 4.57 Å². The van der Waals surface area contributed by atoms with Crippen LogP contribution < -0.4 is 0 Å². The molecular formula is C20H21N3. The van der Waals surface area contributed by atoms with Gasteiger partial charge in [0.1, 0.15) is 5.82 Å². The van der Waals surface area contributed by atoms with Crippen molar-refractivity contribution in [3.63, 3.8) is 0 Å². The lowest BCUT2D eigenvalue weighted by molar-refractivity contribution is 0.513. The van der Waals surface area contributed by atoms with Crippen molar-refractivity contribution in [2.24, 2.45) is 0 Å². The lowest BCUT2D eigenvalue weighted by Crippen LogP contribution is -2.21. The van der Waals surface area contributed by atoms with Crippen LogP contribution in [0.1, 0.15) is 32.2 Å². The number of aromatic nitrogens is 3. The van der Waals surface area contributed by atoms with E-state index in [1.165, 1.54) is 16.8 Å². The highest BCUT2D eigenvalue weighted by Gasteiger charge is 2.26. The maximum Gasteiger partial charge on any atom is 0.141 e. The van der Waals surface area contributed by atoms with E-state index < -0.39 is 0 Å². The Hall–Kier alpha value is -2.42. The van der Waals surface area contributed by atoms with Crippen molar-refractivity contribution in [1.29, 1.82) is 0 Å². The maximum atomic E-state index is 4.90. The van der Waals surface area contributed by atoms with E-state index in [-0.39, 0.29) is 5.41 Å². The molecule has 1 aromatic carbocycles. The number of nitrogens with zero attached hydrogens (tertiary/aromatic N) is 3. The van der Waals surface area contributed by atoms with E-state index in [1.54, 1.807) is 0 Å². The minimum atomic E-state index is 0.111. The average Bonchev–Trinajstić information content (AvgIpc) is 3.00. The van der Waals surface area contributed by atoms with E-state index in [2.05, 4.69) is 66.7 Å². The van der Waals surface area contributed by atoms with Crippen LogP contribution in [0.2, 0.25) is 0 Å². The third-order valence-electron chi connectivity index (χ3n) is 4.48. The molecule has 0 aliphatic carbocycles. The Morgan fingerprint density at radius 3 is 2.52 bits per heavy atom. The number of fused-ring (bicyclic) bond motifs is 3. The normalized spacial score (nSPS) is 13.5. The van der Waals surface area contributed by atoms with E-state index in [1.807, 2.05) is 12.3 Å². The van der Waals surface area contributed by atoms with Crippen molar-refractivity contribution >= 4 is 0 Å². The van der Waals surface area contributed by atoms with Crippen molar-refractivity contribution < 1.29 is 0 Å². The second-order valence-corrected chi connectivity index (χ2v) is 7.18. The Labute approximate surface area is 137 Å². The summed E-state index contributed by atoms with van der Waals surface area (Å²) in [6.07, 6.45) is 2.98. The van der Waals surface area contributed by atoms with Gasteiger partial charge in [0.15, 0.2) is 0 Å². The average molecular weight is 303 g/mol. The molecule has 1 aliphatic rings. The summed E-state index contributed by atoms with van der Waals surface area (Å²) in [6.45, 7) is 7.68. The first-order valence-corrected chi connectivity index (χ1v) is 8.16. The van der Waals surface area contributed by atoms with Crippen molar-refractivity contribution in [1.82, 2.24) is 14.5 Å². The smallest absolute Gasteiger partial charge is 0.141 e. The molecule has 1 aliphatic heterocycles. The van der Waals surface area contributed by atoms with Crippen LogP contribution in [0.3, 0.4) is 0 Å². The second-order valence-electron chi connectivity index (χ2n) is 7.18. The van der Waals surface area contributed by atoms with Crippen molar-refractivity contribution in [2.75, 3.05) is 0 Å². The zero-order chi connectivity index (χ0) is 16.0. The number of aryl methyl sites for hydroxylation is 1. The summed E-state index contributed by atoms with van der Waals surface area (Å²) in [7, 11) is 0. The molecular weight excluding hydrogens is 282 g/mol. The van der Waals surface area contributed by atoms with Crippen LogP contribution in [0.25, 0.3) is 22.6 Å². The van der Waals surface area contributed by atoms with Gasteiger partial charge in [0.05, 0.1) is 11.4 Å². The summed E-state index contributed by atoms with van der Waals surface area (Å²) in [5.74, 6) is 1.06. The highest BCUT2D eigenvalue weighted by molar-refractivity contribution is 5.67. The fraction of sp³-hybridized carbons (Fsp3) is 0.300. The highest BCUT2D eigenvalue weighted by Crippen LogP contribution is 2.34. The Morgan fingerprint density at radius 1 is 1.00 bits per heavy atom. The third-order valence-corrected chi connectivity index (χ3v) is 4.48.